The van der Waals surface area contributed by atoms with Gasteiger partial charge in [-0.2, -0.15) is 0 Å². The summed E-state index contributed by atoms with van der Waals surface area (Å²) in [6.07, 6.45) is 4.41. The van der Waals surface area contributed by atoms with Crippen LogP contribution >= 0.6 is 0 Å². The molecule has 1 fully saturated rings. The van der Waals surface area contributed by atoms with Crippen molar-refractivity contribution >= 4 is 16.9 Å². The van der Waals surface area contributed by atoms with Crippen molar-refractivity contribution in [2.75, 3.05) is 7.11 Å². The van der Waals surface area contributed by atoms with Gasteiger partial charge in [0.1, 0.15) is 5.58 Å². The molecule has 1 N–H and O–H groups in total. The van der Waals surface area contributed by atoms with Gasteiger partial charge in [0.05, 0.1) is 24.9 Å². The third-order valence-corrected chi connectivity index (χ3v) is 6.98. The number of carbonyl (C=O) groups excluding carboxylic acids is 1. The topological polar surface area (TPSA) is 59.7 Å². The van der Waals surface area contributed by atoms with Crippen molar-refractivity contribution in [3.63, 3.8) is 0 Å². The summed E-state index contributed by atoms with van der Waals surface area (Å²) in [5.74, 6) is -0.359. The second kappa shape index (κ2) is 5.34. The lowest BCUT2D eigenvalue weighted by molar-refractivity contribution is -0.167. The Balaban J connectivity index is 1.96. The minimum absolute atomic E-state index is 0.152. The van der Waals surface area contributed by atoms with E-state index >= 15 is 0 Å². The van der Waals surface area contributed by atoms with Gasteiger partial charge in [0.15, 0.2) is 0 Å². The Kier molecular flexibility index (Phi) is 3.56. The molecule has 2 aromatic rings. The molecule has 134 valence electrons. The molecule has 4 atom stereocenters. The number of ether oxygens (including phenoxy) is 1. The first-order valence-electron chi connectivity index (χ1n) is 9.09. The molecule has 0 amide bonds. The van der Waals surface area contributed by atoms with Gasteiger partial charge < -0.3 is 14.3 Å². The van der Waals surface area contributed by atoms with Gasteiger partial charge in [0, 0.05) is 11.3 Å². The molecule has 0 spiro atoms. The first-order valence-corrected chi connectivity index (χ1v) is 9.09. The quantitative estimate of drug-likeness (QED) is 0.799. The van der Waals surface area contributed by atoms with Crippen LogP contribution in [0.2, 0.25) is 0 Å². The number of aliphatic hydroxyl groups excluding tert-OH is 1. The smallest absolute Gasteiger partial charge is 0.311 e. The molecule has 1 aromatic heterocycles. The SMILES string of the molecule is COC(=O)C1(C)CCCC2(C)c3cc4occc4c(C)c3CC(O)C12. The van der Waals surface area contributed by atoms with Crippen LogP contribution in [0.5, 0.6) is 0 Å². The maximum atomic E-state index is 12.6. The van der Waals surface area contributed by atoms with Crippen molar-refractivity contribution in [3.05, 3.63) is 35.1 Å². The third-order valence-electron chi connectivity index (χ3n) is 6.98. The lowest BCUT2D eigenvalue weighted by atomic mass is 9.48. The Labute approximate surface area is 148 Å². The highest BCUT2D eigenvalue weighted by molar-refractivity contribution is 5.84. The predicted octanol–water partition coefficient (Wildman–Crippen LogP) is 3.90. The summed E-state index contributed by atoms with van der Waals surface area (Å²) in [6, 6.07) is 4.13. The number of methoxy groups -OCH3 is 1. The highest BCUT2D eigenvalue weighted by Gasteiger charge is 2.59. The van der Waals surface area contributed by atoms with Gasteiger partial charge in [-0.15, -0.1) is 0 Å². The van der Waals surface area contributed by atoms with Gasteiger partial charge in [-0.1, -0.05) is 13.3 Å². The molecule has 4 rings (SSSR count). The highest BCUT2D eigenvalue weighted by atomic mass is 16.5. The molecule has 4 unspecified atom stereocenters. The van der Waals surface area contributed by atoms with Gasteiger partial charge >= 0.3 is 5.97 Å². The van der Waals surface area contributed by atoms with Crippen molar-refractivity contribution in [2.45, 2.75) is 58.0 Å². The Bertz CT molecular complexity index is 851. The number of carbonyl (C=O) groups is 1. The number of esters is 1. The fourth-order valence-corrected chi connectivity index (χ4v) is 5.88. The van der Waals surface area contributed by atoms with E-state index in [1.54, 1.807) is 6.26 Å². The second-order valence-corrected chi connectivity index (χ2v) is 8.29. The summed E-state index contributed by atoms with van der Waals surface area (Å²) in [7, 11) is 1.44. The fraction of sp³-hybridized carbons (Fsp3) is 0.571. The van der Waals surface area contributed by atoms with Crippen LogP contribution < -0.4 is 0 Å². The minimum Gasteiger partial charge on any atom is -0.469 e. The van der Waals surface area contributed by atoms with Crippen LogP contribution in [0.25, 0.3) is 11.0 Å². The largest absolute Gasteiger partial charge is 0.469 e. The summed E-state index contributed by atoms with van der Waals surface area (Å²) in [4.78, 5) is 12.6. The second-order valence-electron chi connectivity index (χ2n) is 8.29. The molecule has 1 saturated carbocycles. The number of aliphatic hydroxyl groups is 1. The number of benzene rings is 1. The van der Waals surface area contributed by atoms with Crippen LogP contribution in [0.15, 0.2) is 22.8 Å². The summed E-state index contributed by atoms with van der Waals surface area (Å²) in [5, 5.41) is 12.2. The predicted molar refractivity (Wildman–Crippen MR) is 95.5 cm³/mol. The molecule has 1 heterocycles. The molecule has 0 saturated heterocycles. The number of rotatable bonds is 1. The highest BCUT2D eigenvalue weighted by Crippen LogP contribution is 2.58. The van der Waals surface area contributed by atoms with Crippen LogP contribution in [0.4, 0.5) is 0 Å². The van der Waals surface area contributed by atoms with E-state index in [1.807, 2.05) is 13.0 Å². The standard InChI is InChI=1S/C21H26O4/c1-12-13-6-9-25-17(13)11-15-14(12)10-16(22)18-20(15,2)7-5-8-21(18,3)19(23)24-4/h6,9,11,16,18,22H,5,7-8,10H2,1-4H3. The van der Waals surface area contributed by atoms with Crippen LogP contribution in [-0.4, -0.2) is 24.3 Å². The van der Waals surface area contributed by atoms with E-state index in [1.165, 1.54) is 23.8 Å². The molecular formula is C21H26O4. The first kappa shape index (κ1) is 16.6. The zero-order chi connectivity index (χ0) is 18.0. The molecule has 4 heteroatoms. The van der Waals surface area contributed by atoms with Crippen molar-refractivity contribution in [1.29, 1.82) is 0 Å². The minimum atomic E-state index is -0.662. The van der Waals surface area contributed by atoms with Crippen molar-refractivity contribution in [1.82, 2.24) is 0 Å². The van der Waals surface area contributed by atoms with Crippen LogP contribution in [0.3, 0.4) is 0 Å². The van der Waals surface area contributed by atoms with Gasteiger partial charge in [0.25, 0.3) is 0 Å². The van der Waals surface area contributed by atoms with E-state index in [0.717, 1.165) is 30.2 Å². The third kappa shape index (κ3) is 2.06. The number of aryl methyl sites for hydroxylation is 1. The molecule has 2 aliphatic carbocycles. The Morgan fingerprint density at radius 1 is 1.36 bits per heavy atom. The summed E-state index contributed by atoms with van der Waals surface area (Å²) in [5.41, 5.74) is 3.60. The lowest BCUT2D eigenvalue weighted by Gasteiger charge is -2.55. The number of hydrogen-bond acceptors (Lipinski definition) is 4. The maximum Gasteiger partial charge on any atom is 0.311 e. The van der Waals surface area contributed by atoms with Gasteiger partial charge in [-0.25, -0.2) is 0 Å². The van der Waals surface area contributed by atoms with Gasteiger partial charge in [-0.05, 0) is 67.3 Å². The number of furan rings is 1. The molecule has 0 radical (unpaired) electrons. The van der Waals surface area contributed by atoms with Crippen molar-refractivity contribution < 1.29 is 19.1 Å². The average Bonchev–Trinajstić information content (AvgIpc) is 3.04. The van der Waals surface area contributed by atoms with E-state index in [0.29, 0.717) is 6.42 Å². The van der Waals surface area contributed by atoms with Crippen LogP contribution in [0.1, 0.15) is 49.8 Å². The van der Waals surface area contributed by atoms with E-state index in [-0.39, 0.29) is 17.3 Å². The summed E-state index contributed by atoms with van der Waals surface area (Å²) >= 11 is 0. The van der Waals surface area contributed by atoms with Gasteiger partial charge in [-0.3, -0.25) is 4.79 Å². The maximum absolute atomic E-state index is 12.6. The zero-order valence-corrected chi connectivity index (χ0v) is 15.4. The van der Waals surface area contributed by atoms with Crippen molar-refractivity contribution in [3.8, 4) is 0 Å². The summed E-state index contributed by atoms with van der Waals surface area (Å²) < 4.78 is 10.8. The van der Waals surface area contributed by atoms with E-state index in [9.17, 15) is 9.90 Å². The fourth-order valence-electron chi connectivity index (χ4n) is 5.88. The van der Waals surface area contributed by atoms with Crippen molar-refractivity contribution in [2.24, 2.45) is 11.3 Å². The van der Waals surface area contributed by atoms with E-state index in [4.69, 9.17) is 9.15 Å². The number of hydrogen-bond donors (Lipinski definition) is 1. The Morgan fingerprint density at radius 3 is 2.84 bits per heavy atom. The Morgan fingerprint density at radius 2 is 2.12 bits per heavy atom. The molecule has 2 aliphatic rings. The molecule has 0 bridgehead atoms. The average molecular weight is 342 g/mol. The Hall–Kier alpha value is -1.81. The molecular weight excluding hydrogens is 316 g/mol. The van der Waals surface area contributed by atoms with Crippen LogP contribution in [-0.2, 0) is 21.4 Å². The van der Waals surface area contributed by atoms with Crippen LogP contribution in [0, 0.1) is 18.3 Å². The molecule has 25 heavy (non-hydrogen) atoms. The normalized spacial score (nSPS) is 34.4. The molecule has 4 nitrogen and oxygen atoms in total. The lowest BCUT2D eigenvalue weighted by Crippen LogP contribution is -2.58. The molecule has 0 aliphatic heterocycles. The van der Waals surface area contributed by atoms with E-state index in [2.05, 4.69) is 19.9 Å². The van der Waals surface area contributed by atoms with Gasteiger partial charge in [0.2, 0.25) is 0 Å². The zero-order valence-electron chi connectivity index (χ0n) is 15.4. The monoisotopic (exact) mass is 342 g/mol. The molecule has 1 aromatic carbocycles. The number of fused-ring (bicyclic) bond motifs is 4. The first-order chi connectivity index (χ1) is 11.8. The summed E-state index contributed by atoms with van der Waals surface area (Å²) in [6.45, 7) is 6.27. The van der Waals surface area contributed by atoms with E-state index < -0.39 is 11.5 Å².